The first kappa shape index (κ1) is 72.9. The van der Waals surface area contributed by atoms with Crippen molar-refractivity contribution in [2.24, 2.45) is 0 Å². The van der Waals surface area contributed by atoms with Crippen molar-refractivity contribution in [3.8, 4) is 0 Å². The highest BCUT2D eigenvalue weighted by Gasteiger charge is 2.17. The fourth-order valence-electron chi connectivity index (χ4n) is 10.3. The van der Waals surface area contributed by atoms with Gasteiger partial charge in [-0.1, -0.05) is 305 Å². The lowest BCUT2D eigenvalue weighted by atomic mass is 9.99. The number of unbranched alkanes of at least 4 members (excludes halogenated alkanes) is 36. The van der Waals surface area contributed by atoms with E-state index in [9.17, 15) is 0 Å². The first-order valence-electron chi connectivity index (χ1n) is 34.1. The fourth-order valence-corrected chi connectivity index (χ4v) is 10.3. The molecule has 0 aromatic rings. The molecule has 0 aliphatic rings. The smallest absolute Gasteiger partial charge is 0.0578 e. The van der Waals surface area contributed by atoms with E-state index in [-0.39, 0.29) is 0 Å². The molecule has 0 unspecified atom stereocenters. The van der Waals surface area contributed by atoms with Crippen LogP contribution in [0.1, 0.15) is 362 Å². The zero-order valence-corrected chi connectivity index (χ0v) is 51.6. The van der Waals surface area contributed by atoms with Crippen LogP contribution in [-0.2, 0) is 4.74 Å². The van der Waals surface area contributed by atoms with Crippen molar-refractivity contribution in [2.45, 2.75) is 374 Å². The predicted octanol–water partition coefficient (Wildman–Crippen LogP) is 26.6. The SMILES string of the molecule is CCCCCC=CCC=CCCCCCCCCC(CCCCCCCCC=CCC=CCCCCC)OC(CCCCCCCCC=CCC=CCCCCC)CCCCCCCCC=CCC=CCCCCC. The Kier molecular flexibility index (Phi) is 66.1. The van der Waals surface area contributed by atoms with Crippen LogP contribution in [-0.4, -0.2) is 12.2 Å². The Morgan fingerprint density at radius 3 is 0.533 bits per heavy atom. The second-order valence-corrected chi connectivity index (χ2v) is 22.9. The summed E-state index contributed by atoms with van der Waals surface area (Å²) < 4.78 is 7.30. The minimum Gasteiger partial charge on any atom is -0.375 e. The molecule has 0 aliphatic carbocycles. The van der Waals surface area contributed by atoms with E-state index in [1.54, 1.807) is 0 Å². The van der Waals surface area contributed by atoms with Gasteiger partial charge in [0.1, 0.15) is 0 Å². The van der Waals surface area contributed by atoms with Gasteiger partial charge in [0.05, 0.1) is 12.2 Å². The molecule has 0 aromatic carbocycles. The lowest BCUT2D eigenvalue weighted by Crippen LogP contribution is -2.23. The van der Waals surface area contributed by atoms with Crippen molar-refractivity contribution in [2.75, 3.05) is 0 Å². The zero-order valence-electron chi connectivity index (χ0n) is 51.6. The Morgan fingerprint density at radius 1 is 0.187 bits per heavy atom. The number of hydrogen-bond donors (Lipinski definition) is 0. The highest BCUT2D eigenvalue weighted by molar-refractivity contribution is 4.95. The molecule has 0 saturated carbocycles. The monoisotopic (exact) mass is 1040 g/mol. The number of allylic oxidation sites excluding steroid dienone is 16. The van der Waals surface area contributed by atoms with Gasteiger partial charge in [-0.2, -0.15) is 0 Å². The topological polar surface area (TPSA) is 9.23 Å². The lowest BCUT2D eigenvalue weighted by Gasteiger charge is -2.26. The average Bonchev–Trinajstić information content (AvgIpc) is 3.42. The second-order valence-electron chi connectivity index (χ2n) is 22.9. The van der Waals surface area contributed by atoms with Crippen LogP contribution in [0.25, 0.3) is 0 Å². The maximum atomic E-state index is 7.30. The van der Waals surface area contributed by atoms with E-state index in [4.69, 9.17) is 4.74 Å². The number of ether oxygens (including phenoxy) is 1. The van der Waals surface area contributed by atoms with Crippen LogP contribution >= 0.6 is 0 Å². The molecule has 0 heterocycles. The summed E-state index contributed by atoms with van der Waals surface area (Å²) in [5.74, 6) is 0. The molecule has 0 rings (SSSR count). The molecule has 0 bridgehead atoms. The van der Waals surface area contributed by atoms with E-state index in [2.05, 4.69) is 125 Å². The van der Waals surface area contributed by atoms with E-state index in [1.165, 1.54) is 308 Å². The summed E-state index contributed by atoms with van der Waals surface area (Å²) in [5.41, 5.74) is 0. The first-order chi connectivity index (χ1) is 37.3. The van der Waals surface area contributed by atoms with Crippen LogP contribution in [0.5, 0.6) is 0 Å². The van der Waals surface area contributed by atoms with Crippen LogP contribution in [0.4, 0.5) is 0 Å². The average molecular weight is 1040 g/mol. The molecule has 0 spiro atoms. The van der Waals surface area contributed by atoms with Crippen molar-refractivity contribution in [3.05, 3.63) is 97.2 Å². The van der Waals surface area contributed by atoms with Crippen LogP contribution < -0.4 is 0 Å². The highest BCUT2D eigenvalue weighted by atomic mass is 16.5. The Balaban J connectivity index is 5.07. The molecule has 75 heavy (non-hydrogen) atoms. The molecule has 0 aromatic heterocycles. The largest absolute Gasteiger partial charge is 0.375 e. The van der Waals surface area contributed by atoms with Crippen LogP contribution in [0.2, 0.25) is 0 Å². The Morgan fingerprint density at radius 2 is 0.347 bits per heavy atom. The van der Waals surface area contributed by atoms with E-state index < -0.39 is 0 Å². The van der Waals surface area contributed by atoms with Crippen molar-refractivity contribution in [1.82, 2.24) is 0 Å². The fraction of sp³-hybridized carbons (Fsp3) is 0.784. The molecule has 0 amide bonds. The van der Waals surface area contributed by atoms with Gasteiger partial charge in [0.25, 0.3) is 0 Å². The van der Waals surface area contributed by atoms with Gasteiger partial charge in [-0.3, -0.25) is 0 Å². The Bertz CT molecular complexity index is 1090. The Hall–Kier alpha value is -2.12. The zero-order chi connectivity index (χ0) is 53.9. The van der Waals surface area contributed by atoms with Gasteiger partial charge in [0.2, 0.25) is 0 Å². The van der Waals surface area contributed by atoms with Crippen LogP contribution in [0, 0.1) is 0 Å². The van der Waals surface area contributed by atoms with Gasteiger partial charge in [0.15, 0.2) is 0 Å². The minimum atomic E-state index is 0.459. The third-order valence-corrected chi connectivity index (χ3v) is 15.3. The summed E-state index contributed by atoms with van der Waals surface area (Å²) >= 11 is 0. The lowest BCUT2D eigenvalue weighted by molar-refractivity contribution is -0.0324. The summed E-state index contributed by atoms with van der Waals surface area (Å²) in [7, 11) is 0. The summed E-state index contributed by atoms with van der Waals surface area (Å²) in [4.78, 5) is 0. The number of rotatable bonds is 62. The molecule has 1 heteroatoms. The third-order valence-electron chi connectivity index (χ3n) is 15.3. The third kappa shape index (κ3) is 64.3. The minimum absolute atomic E-state index is 0.459. The van der Waals surface area contributed by atoms with Crippen LogP contribution in [0.15, 0.2) is 97.2 Å². The number of hydrogen-bond acceptors (Lipinski definition) is 1. The van der Waals surface area contributed by atoms with Gasteiger partial charge in [-0.15, -0.1) is 0 Å². The van der Waals surface area contributed by atoms with Gasteiger partial charge >= 0.3 is 0 Å². The summed E-state index contributed by atoms with van der Waals surface area (Å²) in [6, 6.07) is 0. The maximum absolute atomic E-state index is 7.30. The van der Waals surface area contributed by atoms with E-state index in [1.807, 2.05) is 0 Å². The van der Waals surface area contributed by atoms with Crippen molar-refractivity contribution in [3.63, 3.8) is 0 Å². The second kappa shape index (κ2) is 68.0. The molecule has 0 fully saturated rings. The van der Waals surface area contributed by atoms with Gasteiger partial charge in [-0.25, -0.2) is 0 Å². The molecule has 0 N–H and O–H groups in total. The van der Waals surface area contributed by atoms with Gasteiger partial charge < -0.3 is 4.74 Å². The molecular weight excluding hydrogens is 905 g/mol. The first-order valence-corrected chi connectivity index (χ1v) is 34.1. The molecule has 1 nitrogen and oxygen atoms in total. The van der Waals surface area contributed by atoms with Crippen molar-refractivity contribution < 1.29 is 4.74 Å². The Labute approximate surface area is 473 Å². The maximum Gasteiger partial charge on any atom is 0.0578 e. The van der Waals surface area contributed by atoms with E-state index in [0.29, 0.717) is 12.2 Å². The predicted molar refractivity (Wildman–Crippen MR) is 345 cm³/mol. The molecule has 436 valence electrons. The quantitative estimate of drug-likeness (QED) is 0.0436. The van der Waals surface area contributed by atoms with E-state index >= 15 is 0 Å². The standard InChI is InChI=1S/C74H134O/c1-5-9-13-17-21-25-29-33-37-41-45-49-53-57-61-65-69-73(70-66-62-58-54-50-46-42-38-34-30-26-22-18-14-10-6-2)75-74(71-67-63-59-55-51-47-43-39-35-31-27-23-19-15-11-7-3)72-68-64-60-56-52-48-44-40-36-32-28-24-20-16-12-8-4/h21-28,33-40,73-74H,5-20,29-32,41-72H2,1-4H3. The van der Waals surface area contributed by atoms with Crippen molar-refractivity contribution in [1.29, 1.82) is 0 Å². The van der Waals surface area contributed by atoms with Gasteiger partial charge in [-0.05, 0) is 154 Å². The van der Waals surface area contributed by atoms with Crippen LogP contribution in [0.3, 0.4) is 0 Å². The summed E-state index contributed by atoms with van der Waals surface area (Å²) in [6.45, 7) is 9.14. The van der Waals surface area contributed by atoms with Gasteiger partial charge in [0, 0.05) is 0 Å². The molecular formula is C74H134O. The van der Waals surface area contributed by atoms with E-state index in [0.717, 1.165) is 25.7 Å². The summed E-state index contributed by atoms with van der Waals surface area (Å²) in [5, 5.41) is 0. The normalized spacial score (nSPS) is 13.5. The summed E-state index contributed by atoms with van der Waals surface area (Å²) in [6.07, 6.45) is 108. The molecule has 0 radical (unpaired) electrons. The molecule has 0 saturated heterocycles. The van der Waals surface area contributed by atoms with Crippen molar-refractivity contribution >= 4 is 0 Å². The molecule has 0 aliphatic heterocycles. The molecule has 0 atom stereocenters. The highest BCUT2D eigenvalue weighted by Crippen LogP contribution is 2.24.